The van der Waals surface area contributed by atoms with Crippen molar-refractivity contribution in [1.82, 2.24) is 0 Å². The average molecular weight is 1070 g/mol. The Balaban J connectivity index is 1.03. The van der Waals surface area contributed by atoms with E-state index < -0.39 is 13.5 Å². The van der Waals surface area contributed by atoms with Crippen LogP contribution in [0.1, 0.15) is 22.3 Å². The number of para-hydroxylation sites is 3. The molecule has 0 radical (unpaired) electrons. The zero-order valence-electron chi connectivity index (χ0n) is 44.9. The Morgan fingerprint density at radius 2 is 0.963 bits per heavy atom. The van der Waals surface area contributed by atoms with Gasteiger partial charge in [-0.1, -0.05) is 225 Å². The van der Waals surface area contributed by atoms with Gasteiger partial charge in [0.1, 0.15) is 8.07 Å². The van der Waals surface area contributed by atoms with Crippen LogP contribution in [-0.4, -0.2) is 14.8 Å². The monoisotopic (exact) mass is 1070 g/mol. The van der Waals surface area contributed by atoms with Crippen LogP contribution in [0.3, 0.4) is 0 Å². The maximum Gasteiger partial charge on any atom is 0.252 e. The van der Waals surface area contributed by atoms with Gasteiger partial charge in [0, 0.05) is 65.4 Å². The fraction of sp³-hybridized carbons (Fsp3) is 0.0400. The van der Waals surface area contributed by atoms with Crippen molar-refractivity contribution < 1.29 is 0 Å². The van der Waals surface area contributed by atoms with Gasteiger partial charge in [0.15, 0.2) is 0 Å². The van der Waals surface area contributed by atoms with Crippen molar-refractivity contribution >= 4 is 124 Å². The fourth-order valence-electron chi connectivity index (χ4n) is 15.0. The van der Waals surface area contributed by atoms with Crippen molar-refractivity contribution in [3.05, 3.63) is 301 Å². The van der Waals surface area contributed by atoms with Gasteiger partial charge >= 0.3 is 0 Å². The van der Waals surface area contributed by atoms with Gasteiger partial charge in [-0.25, -0.2) is 0 Å². The van der Waals surface area contributed by atoms with E-state index in [1.807, 2.05) is 11.3 Å². The van der Waals surface area contributed by atoms with Crippen LogP contribution in [0.5, 0.6) is 0 Å². The topological polar surface area (TPSA) is 9.72 Å². The van der Waals surface area contributed by atoms with Crippen LogP contribution in [0.2, 0.25) is 13.1 Å². The van der Waals surface area contributed by atoms with Crippen LogP contribution in [0, 0.1) is 0 Å². The lowest BCUT2D eigenvalue weighted by Gasteiger charge is -2.46. The van der Waals surface area contributed by atoms with Gasteiger partial charge in [0.05, 0.1) is 22.5 Å². The Labute approximate surface area is 478 Å². The van der Waals surface area contributed by atoms with E-state index in [0.717, 1.165) is 28.4 Å². The van der Waals surface area contributed by atoms with Crippen molar-refractivity contribution in [1.29, 1.82) is 0 Å². The molecule has 4 heterocycles. The number of hydrogen-bond donors (Lipinski definition) is 0. The molecule has 0 spiro atoms. The number of thiophene rings is 1. The van der Waals surface area contributed by atoms with Gasteiger partial charge in [-0.05, 0) is 127 Å². The highest BCUT2D eigenvalue weighted by Crippen LogP contribution is 2.60. The van der Waals surface area contributed by atoms with Gasteiger partial charge in [0.2, 0.25) is 0 Å². The summed E-state index contributed by atoms with van der Waals surface area (Å²) < 4.78 is 2.59. The van der Waals surface area contributed by atoms with Crippen molar-refractivity contribution in [2.75, 3.05) is 14.7 Å². The van der Waals surface area contributed by atoms with E-state index in [9.17, 15) is 0 Å². The second kappa shape index (κ2) is 17.5. The van der Waals surface area contributed by atoms with Crippen LogP contribution < -0.4 is 41.5 Å². The summed E-state index contributed by atoms with van der Waals surface area (Å²) in [6.45, 7) is 5.01. The summed E-state index contributed by atoms with van der Waals surface area (Å²) in [6.07, 6.45) is 0. The maximum absolute atomic E-state index is 2.66. The minimum Gasteiger partial charge on any atom is -0.311 e. The van der Waals surface area contributed by atoms with E-state index in [-0.39, 0.29) is 6.71 Å². The molecule has 0 unspecified atom stereocenters. The summed E-state index contributed by atoms with van der Waals surface area (Å²) in [7, 11) is -2.14. The number of benzene rings is 12. The van der Waals surface area contributed by atoms with E-state index in [4.69, 9.17) is 0 Å². The molecule has 380 valence electrons. The van der Waals surface area contributed by atoms with Crippen LogP contribution in [-0.2, 0) is 5.41 Å². The van der Waals surface area contributed by atoms with Crippen molar-refractivity contribution in [2.24, 2.45) is 0 Å². The summed E-state index contributed by atoms with van der Waals surface area (Å²) in [5.41, 5.74) is 24.1. The highest BCUT2D eigenvalue weighted by Gasteiger charge is 2.50. The minimum atomic E-state index is -2.14. The quantitative estimate of drug-likeness (QED) is 0.147. The first kappa shape index (κ1) is 46.5. The van der Waals surface area contributed by atoms with Crippen molar-refractivity contribution in [3.8, 4) is 22.3 Å². The number of fused-ring (bicyclic) bond motifs is 15. The van der Waals surface area contributed by atoms with Crippen molar-refractivity contribution in [3.63, 3.8) is 0 Å². The molecule has 3 nitrogen and oxygen atoms in total. The normalized spacial score (nSPS) is 14.4. The molecule has 1 aromatic heterocycles. The number of nitrogens with zero attached hydrogens (tertiary/aromatic N) is 3. The molecule has 3 aliphatic heterocycles. The molecule has 0 atom stereocenters. The van der Waals surface area contributed by atoms with Crippen LogP contribution in [0.4, 0.5) is 51.2 Å². The van der Waals surface area contributed by atoms with Gasteiger partial charge in [0.25, 0.3) is 6.71 Å². The fourth-order valence-corrected chi connectivity index (χ4v) is 19.2. The molecule has 13 aromatic rings. The molecule has 0 saturated heterocycles. The predicted molar refractivity (Wildman–Crippen MR) is 348 cm³/mol. The van der Waals surface area contributed by atoms with Crippen LogP contribution >= 0.6 is 11.3 Å². The smallest absolute Gasteiger partial charge is 0.252 e. The Morgan fingerprint density at radius 3 is 1.65 bits per heavy atom. The Morgan fingerprint density at radius 1 is 0.420 bits per heavy atom. The predicted octanol–water partition coefficient (Wildman–Crippen LogP) is 16.8. The molecule has 0 N–H and O–H groups in total. The van der Waals surface area contributed by atoms with Gasteiger partial charge in [-0.15, -0.1) is 11.3 Å². The second-order valence-corrected chi connectivity index (χ2v) is 28.1. The molecule has 0 amide bonds. The zero-order chi connectivity index (χ0) is 53.6. The summed E-state index contributed by atoms with van der Waals surface area (Å²) in [5.74, 6) is 0. The van der Waals surface area contributed by atoms with E-state index in [1.54, 1.807) is 0 Å². The summed E-state index contributed by atoms with van der Waals surface area (Å²) in [6, 6.07) is 106. The summed E-state index contributed by atoms with van der Waals surface area (Å²) >= 11 is 1.90. The van der Waals surface area contributed by atoms with Crippen LogP contribution in [0.25, 0.3) is 42.4 Å². The third-order valence-corrected chi connectivity index (χ3v) is 22.9. The highest BCUT2D eigenvalue weighted by molar-refractivity contribution is 7.26. The maximum atomic E-state index is 2.66. The Bertz CT molecular complexity index is 4660. The first-order chi connectivity index (χ1) is 40.0. The molecule has 4 aliphatic rings. The lowest BCUT2D eigenvalue weighted by atomic mass is 9.33. The lowest BCUT2D eigenvalue weighted by Crippen LogP contribution is -2.62. The molecular weight excluding hydrogens is 1010 g/mol. The SMILES string of the molecule is C[Si]1(C)c2ccccc2-c2c1ccc1c2N(c2ccccc2)c2cc(N(c3ccccc3)c3cccc4c3-c3ccccc3C4(c3ccccc3)c3ccccc3)cc3c2B1c1ccc2sc4ccccc4c2c1N3c1ccccc1. The van der Waals surface area contributed by atoms with E-state index in [1.165, 1.54) is 114 Å². The molecule has 6 heteroatoms. The lowest BCUT2D eigenvalue weighted by molar-refractivity contribution is 0.768. The Kier molecular flexibility index (Phi) is 10.0. The third kappa shape index (κ3) is 6.40. The molecule has 17 rings (SSSR count). The largest absolute Gasteiger partial charge is 0.311 e. The van der Waals surface area contributed by atoms with E-state index in [2.05, 4.69) is 307 Å². The number of anilines is 9. The summed E-state index contributed by atoms with van der Waals surface area (Å²) in [5, 5.41) is 5.59. The molecule has 81 heavy (non-hydrogen) atoms. The molecule has 1 aliphatic carbocycles. The van der Waals surface area contributed by atoms with E-state index >= 15 is 0 Å². The number of hydrogen-bond acceptors (Lipinski definition) is 4. The minimum absolute atomic E-state index is 0.0877. The van der Waals surface area contributed by atoms with Crippen LogP contribution in [0.15, 0.2) is 279 Å². The average Bonchev–Trinajstić information content (AvgIpc) is 3.32. The van der Waals surface area contributed by atoms with Gasteiger partial charge < -0.3 is 14.7 Å². The zero-order valence-corrected chi connectivity index (χ0v) is 46.7. The molecule has 0 saturated carbocycles. The molecule has 0 bridgehead atoms. The summed E-state index contributed by atoms with van der Waals surface area (Å²) in [4.78, 5) is 7.87. The molecule has 0 fully saturated rings. The first-order valence-electron chi connectivity index (χ1n) is 28.3. The first-order valence-corrected chi connectivity index (χ1v) is 32.1. The van der Waals surface area contributed by atoms with E-state index in [0.29, 0.717) is 0 Å². The van der Waals surface area contributed by atoms with Gasteiger partial charge in [-0.2, -0.15) is 0 Å². The van der Waals surface area contributed by atoms with Gasteiger partial charge in [-0.3, -0.25) is 0 Å². The number of rotatable bonds is 7. The second-order valence-electron chi connectivity index (χ2n) is 22.6. The third-order valence-electron chi connectivity index (χ3n) is 18.3. The standard InChI is InChI=1S/C75H52BN3SSi/c1-81(2)67-42-23-20-37-57(67)71-68(81)46-44-61-74(71)79(53-33-16-7-17-34-53)64-48-54(47-63-72(64)76(61)60-43-45-66-70(56-36-19-22-41-65(56)80-66)73(60)78(63)52-31-14-6-15-32-52)77(51-29-12-5-13-30-51)62-40-24-39-59-69(62)55-35-18-21-38-58(55)75(59,49-25-8-3-9-26-49)50-27-10-4-11-28-50/h3-48H,1-2H3. The van der Waals surface area contributed by atoms with Crippen molar-refractivity contribution in [2.45, 2.75) is 18.5 Å². The Hall–Kier alpha value is -9.46. The highest BCUT2D eigenvalue weighted by atomic mass is 32.1. The molecule has 12 aromatic carbocycles. The molecular formula is C75H52BN3SSi.